The molecular weight excluding hydrogens is 996 g/mol. The highest BCUT2D eigenvalue weighted by Crippen LogP contribution is 2.27. The summed E-state index contributed by atoms with van der Waals surface area (Å²) in [6, 6.07) is 27.3. The van der Waals surface area contributed by atoms with Crippen LogP contribution >= 0.6 is 27.5 Å². The molecule has 0 bridgehead atoms. The minimum Gasteiger partial charge on any atom is -0.353 e. The molecule has 0 saturated carbocycles. The standard InChI is InChI=1S/C27H32N6O2.C20H19N5O2.C4H9N.C3H6BrCl/c1-20(34)30-15-17-31(18-16-30)25-10-9-21-24(35)19-26-32(14-6-13-29-11-4-5-12-29)22-7-2-3-8-23(22)33(26)27(21)28-25;1-13(26)23-8-10-24(11-9-23)18-7-6-14-17(27)12-19-21-15-4-2-3-5-16(15)25(19)20(14)22-18;1-2-4-5-3-1;4-2-1-3-5/h2-3,7-10,19H,4-6,11-18H2,1H3;2-7,12,21H,8-11H2,1H3;5H,1-4H2;1-3H2. The molecule has 4 aliphatic heterocycles. The van der Waals surface area contributed by atoms with E-state index in [4.69, 9.17) is 21.6 Å². The Hall–Kier alpha value is -6.01. The molecule has 6 aromatic heterocycles. The SMILES string of the molecule is C1CCNC1.CC(=O)N1CCN(c2ccc3c(=O)cc4[nH]c5ccccc5n4c3n2)CC1.CC(=O)N1CCN(c2ccc3c(=O)cc4n(CCCN5CCCC5)c5ccccc5n4c3n2)CC1.ClCCCBr. The second kappa shape index (κ2) is 23.7. The molecule has 4 saturated heterocycles. The quantitative estimate of drug-likeness (QED) is 0.148. The van der Waals surface area contributed by atoms with Gasteiger partial charge >= 0.3 is 0 Å². The lowest BCUT2D eigenvalue weighted by molar-refractivity contribution is -0.129. The number of carbonyl (C=O) groups excluding carboxylic acids is 2. The molecule has 4 fully saturated rings. The average Bonchev–Trinajstić information content (AvgIpc) is 4.26. The molecule has 18 heteroatoms. The summed E-state index contributed by atoms with van der Waals surface area (Å²) in [5, 5.41) is 5.48. The molecule has 0 unspecified atom stereocenters. The summed E-state index contributed by atoms with van der Waals surface area (Å²) in [7, 11) is 0. The van der Waals surface area contributed by atoms with E-state index in [1.165, 1.54) is 51.9 Å². The van der Waals surface area contributed by atoms with E-state index in [0.29, 0.717) is 48.2 Å². The van der Waals surface area contributed by atoms with Gasteiger partial charge in [-0.05, 0) is 120 Å². The Balaban J connectivity index is 0.000000152. The fraction of sp³-hybridized carbons (Fsp3) is 0.444. The van der Waals surface area contributed by atoms with Crippen LogP contribution in [0.25, 0.3) is 55.4 Å². The number of para-hydroxylation sites is 4. The molecule has 2 aromatic carbocycles. The molecule has 2 amide bonds. The number of rotatable bonds is 8. The third kappa shape index (κ3) is 11.3. The summed E-state index contributed by atoms with van der Waals surface area (Å²) >= 11 is 8.50. The van der Waals surface area contributed by atoms with Crippen molar-refractivity contribution in [2.75, 3.05) is 106 Å². The third-order valence-electron chi connectivity index (χ3n) is 14.1. The number of halogens is 2. The molecule has 10 heterocycles. The van der Waals surface area contributed by atoms with Gasteiger partial charge in [-0.15, -0.1) is 11.6 Å². The number of aromatic amines is 1. The highest BCUT2D eigenvalue weighted by atomic mass is 79.9. The van der Waals surface area contributed by atoms with E-state index in [0.717, 1.165) is 108 Å². The maximum atomic E-state index is 13.2. The van der Waals surface area contributed by atoms with Crippen LogP contribution in [0.15, 0.2) is 94.5 Å². The van der Waals surface area contributed by atoms with Gasteiger partial charge in [0.05, 0.1) is 32.8 Å². The van der Waals surface area contributed by atoms with Crippen molar-refractivity contribution < 1.29 is 9.59 Å². The zero-order chi connectivity index (χ0) is 50.1. The first kappa shape index (κ1) is 50.9. The number of pyridine rings is 4. The molecule has 4 aliphatic rings. The number of carbonyl (C=O) groups is 2. The predicted octanol–water partition coefficient (Wildman–Crippen LogP) is 7.33. The lowest BCUT2D eigenvalue weighted by Crippen LogP contribution is -2.48. The number of anilines is 2. The van der Waals surface area contributed by atoms with Crippen LogP contribution in [-0.4, -0.2) is 151 Å². The zero-order valence-corrected chi connectivity index (χ0v) is 43.8. The highest BCUT2D eigenvalue weighted by molar-refractivity contribution is 9.09. The van der Waals surface area contributed by atoms with Crippen LogP contribution in [0.3, 0.4) is 0 Å². The van der Waals surface area contributed by atoms with Crippen LogP contribution in [0.2, 0.25) is 0 Å². The monoisotopic (exact) mass is 1060 g/mol. The molecule has 380 valence electrons. The van der Waals surface area contributed by atoms with Crippen LogP contribution in [0.4, 0.5) is 11.6 Å². The van der Waals surface area contributed by atoms with Gasteiger partial charge in [-0.3, -0.25) is 28.0 Å². The first-order valence-electron chi connectivity index (χ1n) is 25.6. The van der Waals surface area contributed by atoms with E-state index in [1.54, 1.807) is 26.0 Å². The minimum atomic E-state index is -0.0444. The molecule has 0 aliphatic carbocycles. The normalized spacial score (nSPS) is 16.3. The van der Waals surface area contributed by atoms with E-state index in [1.807, 2.05) is 68.8 Å². The smallest absolute Gasteiger partial charge is 0.219 e. The van der Waals surface area contributed by atoms with Crippen LogP contribution in [0.1, 0.15) is 52.4 Å². The van der Waals surface area contributed by atoms with Gasteiger partial charge < -0.3 is 39.4 Å². The molecule has 0 atom stereocenters. The largest absolute Gasteiger partial charge is 0.353 e. The molecule has 0 spiro atoms. The summed E-state index contributed by atoms with van der Waals surface area (Å²) in [4.78, 5) is 72.8. The number of nitrogens with zero attached hydrogens (tertiary/aromatic N) is 10. The number of piperazine rings is 2. The second-order valence-corrected chi connectivity index (χ2v) is 20.0. The van der Waals surface area contributed by atoms with Crippen molar-refractivity contribution in [1.29, 1.82) is 0 Å². The van der Waals surface area contributed by atoms with Crippen LogP contribution in [-0.2, 0) is 16.1 Å². The first-order valence-corrected chi connectivity index (χ1v) is 27.2. The Kier molecular flexibility index (Phi) is 16.8. The summed E-state index contributed by atoms with van der Waals surface area (Å²) in [6.45, 7) is 15.8. The van der Waals surface area contributed by atoms with Gasteiger partial charge in [-0.1, -0.05) is 40.2 Å². The van der Waals surface area contributed by atoms with Crippen molar-refractivity contribution in [1.82, 2.24) is 48.3 Å². The zero-order valence-electron chi connectivity index (χ0n) is 41.5. The highest BCUT2D eigenvalue weighted by Gasteiger charge is 2.23. The van der Waals surface area contributed by atoms with Gasteiger partial charge in [-0.25, -0.2) is 9.97 Å². The minimum absolute atomic E-state index is 0.00375. The number of aryl methyl sites for hydroxylation is 1. The number of hydrogen-bond donors (Lipinski definition) is 2. The summed E-state index contributed by atoms with van der Waals surface area (Å²) in [5.41, 5.74) is 7.10. The molecule has 12 rings (SSSR count). The van der Waals surface area contributed by atoms with Gasteiger partial charge in [0, 0.05) is 96.1 Å². The Labute approximate surface area is 432 Å². The number of alkyl halides is 2. The molecule has 0 radical (unpaired) electrons. The van der Waals surface area contributed by atoms with Gasteiger partial charge in [0.2, 0.25) is 11.8 Å². The van der Waals surface area contributed by atoms with Crippen LogP contribution in [0.5, 0.6) is 0 Å². The summed E-state index contributed by atoms with van der Waals surface area (Å²) in [5.74, 6) is 2.67. The average molecular weight is 1060 g/mol. The molecular formula is C54H66BrClN12O4. The lowest BCUT2D eigenvalue weighted by Gasteiger charge is -2.34. The number of nitrogens with one attached hydrogen (secondary N) is 2. The van der Waals surface area contributed by atoms with E-state index in [9.17, 15) is 19.2 Å². The van der Waals surface area contributed by atoms with Crippen LogP contribution < -0.4 is 26.0 Å². The van der Waals surface area contributed by atoms with Crippen molar-refractivity contribution in [2.45, 2.75) is 58.9 Å². The van der Waals surface area contributed by atoms with Gasteiger partial charge in [0.25, 0.3) is 0 Å². The number of likely N-dealkylation sites (tertiary alicyclic amines) is 1. The van der Waals surface area contributed by atoms with Gasteiger partial charge in [0.1, 0.15) is 22.9 Å². The fourth-order valence-corrected chi connectivity index (χ4v) is 11.0. The Morgan fingerprint density at radius 1 is 0.611 bits per heavy atom. The Morgan fingerprint density at radius 2 is 1.15 bits per heavy atom. The second-order valence-electron chi connectivity index (χ2n) is 18.9. The topological polar surface area (TPSA) is 152 Å². The Bertz CT molecular complexity index is 3280. The van der Waals surface area contributed by atoms with E-state index in [-0.39, 0.29) is 22.7 Å². The van der Waals surface area contributed by atoms with Crippen molar-refractivity contribution >= 4 is 106 Å². The summed E-state index contributed by atoms with van der Waals surface area (Å²) in [6.07, 6.45) is 7.50. The van der Waals surface area contributed by atoms with E-state index >= 15 is 0 Å². The maximum Gasteiger partial charge on any atom is 0.219 e. The van der Waals surface area contributed by atoms with Crippen molar-refractivity contribution in [3.8, 4) is 0 Å². The number of amides is 2. The van der Waals surface area contributed by atoms with Crippen LogP contribution in [0, 0.1) is 0 Å². The fourth-order valence-electron chi connectivity index (χ4n) is 10.3. The number of H-pyrrole nitrogens is 1. The summed E-state index contributed by atoms with van der Waals surface area (Å²) < 4.78 is 6.44. The number of aromatic nitrogens is 6. The van der Waals surface area contributed by atoms with Crippen molar-refractivity contribution in [2.24, 2.45) is 0 Å². The van der Waals surface area contributed by atoms with Crippen molar-refractivity contribution in [3.63, 3.8) is 0 Å². The van der Waals surface area contributed by atoms with E-state index < -0.39 is 0 Å². The molecule has 8 aromatic rings. The number of hydrogen-bond acceptors (Lipinski definition) is 10. The number of benzene rings is 2. The van der Waals surface area contributed by atoms with E-state index in [2.05, 4.69) is 68.1 Å². The third-order valence-corrected chi connectivity index (χ3v) is 15.0. The van der Waals surface area contributed by atoms with Gasteiger partial charge in [-0.2, -0.15) is 0 Å². The molecule has 72 heavy (non-hydrogen) atoms. The first-order chi connectivity index (χ1) is 35.1. The predicted molar refractivity (Wildman–Crippen MR) is 296 cm³/mol. The van der Waals surface area contributed by atoms with Crippen molar-refractivity contribution in [3.05, 3.63) is 105 Å². The molecule has 2 N–H and O–H groups in total. The number of imidazole rings is 2. The van der Waals surface area contributed by atoms with Gasteiger partial charge in [0.15, 0.2) is 22.2 Å². The Morgan fingerprint density at radius 3 is 1.68 bits per heavy atom. The molecule has 16 nitrogen and oxygen atoms in total. The maximum absolute atomic E-state index is 13.2. The lowest BCUT2D eigenvalue weighted by atomic mass is 10.2. The number of fused-ring (bicyclic) bond motifs is 10.